The molecule has 0 aromatic rings. The zero-order valence-electron chi connectivity index (χ0n) is 11.5. The van der Waals surface area contributed by atoms with E-state index in [0.717, 1.165) is 13.0 Å². The van der Waals surface area contributed by atoms with E-state index in [2.05, 4.69) is 44.7 Å². The lowest BCUT2D eigenvalue weighted by Gasteiger charge is -2.30. The Morgan fingerprint density at radius 2 is 2.06 bits per heavy atom. The molecule has 17 heavy (non-hydrogen) atoms. The average Bonchev–Trinajstić information content (AvgIpc) is 2.84. The normalized spacial score (nSPS) is 35.8. The zero-order chi connectivity index (χ0) is 12.6. The number of allylic oxidation sites excluding steroid dienone is 1. The van der Waals surface area contributed by atoms with Crippen LogP contribution in [0.3, 0.4) is 0 Å². The molecule has 2 heteroatoms. The second-order valence-electron chi connectivity index (χ2n) is 6.24. The molecule has 1 saturated carbocycles. The van der Waals surface area contributed by atoms with Gasteiger partial charge >= 0.3 is 0 Å². The smallest absolute Gasteiger partial charge is 0.0662 e. The SMILES string of the molecule is CC(C)C1C/C(=C/C2CC2C#N)CN1C(C)C. The van der Waals surface area contributed by atoms with Crippen LogP contribution in [0.2, 0.25) is 0 Å². The van der Waals surface area contributed by atoms with E-state index in [9.17, 15) is 0 Å². The van der Waals surface area contributed by atoms with Gasteiger partial charge in [-0.3, -0.25) is 4.90 Å². The summed E-state index contributed by atoms with van der Waals surface area (Å²) in [5.41, 5.74) is 1.57. The van der Waals surface area contributed by atoms with Crippen molar-refractivity contribution in [2.24, 2.45) is 17.8 Å². The van der Waals surface area contributed by atoms with E-state index in [4.69, 9.17) is 5.26 Å². The number of nitrogens with zero attached hydrogens (tertiary/aromatic N) is 2. The van der Waals surface area contributed by atoms with Crippen molar-refractivity contribution >= 4 is 0 Å². The average molecular weight is 232 g/mol. The van der Waals surface area contributed by atoms with Crippen molar-refractivity contribution < 1.29 is 0 Å². The molecule has 1 heterocycles. The molecule has 94 valence electrons. The summed E-state index contributed by atoms with van der Waals surface area (Å²) in [6, 6.07) is 3.69. The van der Waals surface area contributed by atoms with Crippen LogP contribution in [0.25, 0.3) is 0 Å². The first kappa shape index (κ1) is 12.6. The highest BCUT2D eigenvalue weighted by molar-refractivity contribution is 5.21. The van der Waals surface area contributed by atoms with Crippen molar-refractivity contribution in [2.45, 2.75) is 52.6 Å². The minimum Gasteiger partial charge on any atom is -0.293 e. The summed E-state index contributed by atoms with van der Waals surface area (Å²) in [5.74, 6) is 1.59. The number of nitriles is 1. The summed E-state index contributed by atoms with van der Waals surface area (Å²) in [4.78, 5) is 2.61. The molecule has 0 radical (unpaired) electrons. The first-order chi connectivity index (χ1) is 8.02. The van der Waals surface area contributed by atoms with Gasteiger partial charge in [-0.15, -0.1) is 0 Å². The van der Waals surface area contributed by atoms with Gasteiger partial charge in [0.05, 0.1) is 12.0 Å². The van der Waals surface area contributed by atoms with Crippen molar-refractivity contribution in [3.05, 3.63) is 11.6 Å². The molecule has 2 rings (SSSR count). The topological polar surface area (TPSA) is 27.0 Å². The van der Waals surface area contributed by atoms with Crippen LogP contribution in [-0.4, -0.2) is 23.5 Å². The maximum absolute atomic E-state index is 8.84. The minimum absolute atomic E-state index is 0.313. The van der Waals surface area contributed by atoms with Gasteiger partial charge in [0.25, 0.3) is 0 Å². The lowest BCUT2D eigenvalue weighted by Crippen LogP contribution is -2.38. The van der Waals surface area contributed by atoms with Gasteiger partial charge in [0.1, 0.15) is 0 Å². The molecule has 0 spiro atoms. The highest BCUT2D eigenvalue weighted by Crippen LogP contribution is 2.41. The van der Waals surface area contributed by atoms with E-state index < -0.39 is 0 Å². The number of rotatable bonds is 3. The summed E-state index contributed by atoms with van der Waals surface area (Å²) >= 11 is 0. The largest absolute Gasteiger partial charge is 0.293 e. The summed E-state index contributed by atoms with van der Waals surface area (Å²) in [6.45, 7) is 10.3. The molecule has 3 atom stereocenters. The molecule has 1 aliphatic heterocycles. The summed E-state index contributed by atoms with van der Waals surface area (Å²) in [6.07, 6.45) is 4.70. The Morgan fingerprint density at radius 1 is 1.35 bits per heavy atom. The molecule has 1 saturated heterocycles. The zero-order valence-corrected chi connectivity index (χ0v) is 11.5. The molecule has 2 aliphatic rings. The molecule has 0 aromatic carbocycles. The van der Waals surface area contributed by atoms with Gasteiger partial charge < -0.3 is 0 Å². The molecule has 0 aromatic heterocycles. The second kappa shape index (κ2) is 4.82. The van der Waals surface area contributed by atoms with Crippen molar-refractivity contribution in [2.75, 3.05) is 6.54 Å². The lowest BCUT2D eigenvalue weighted by atomic mass is 9.99. The standard InChI is InChI=1S/C15H24N2/c1-10(2)15-6-12(9-17(15)11(3)4)5-13-7-14(13)8-16/h5,10-11,13-15H,6-7,9H2,1-4H3/b12-5-. The van der Waals surface area contributed by atoms with E-state index in [1.54, 1.807) is 5.57 Å². The van der Waals surface area contributed by atoms with Gasteiger partial charge in [0.15, 0.2) is 0 Å². The van der Waals surface area contributed by atoms with Gasteiger partial charge in [-0.25, -0.2) is 0 Å². The van der Waals surface area contributed by atoms with Crippen LogP contribution in [-0.2, 0) is 0 Å². The molecular formula is C15H24N2. The highest BCUT2D eigenvalue weighted by Gasteiger charge is 2.38. The van der Waals surface area contributed by atoms with Crippen molar-refractivity contribution in [3.8, 4) is 6.07 Å². The molecular weight excluding hydrogens is 208 g/mol. The van der Waals surface area contributed by atoms with Crippen molar-refractivity contribution in [3.63, 3.8) is 0 Å². The van der Waals surface area contributed by atoms with Gasteiger partial charge in [-0.05, 0) is 38.5 Å². The summed E-state index contributed by atoms with van der Waals surface area (Å²) in [5, 5.41) is 8.84. The van der Waals surface area contributed by atoms with Crippen molar-refractivity contribution in [1.82, 2.24) is 4.90 Å². The Kier molecular flexibility index (Phi) is 3.58. The predicted molar refractivity (Wildman–Crippen MR) is 70.4 cm³/mol. The van der Waals surface area contributed by atoms with E-state index in [1.165, 1.54) is 6.42 Å². The van der Waals surface area contributed by atoms with E-state index in [-0.39, 0.29) is 0 Å². The first-order valence-electron chi connectivity index (χ1n) is 6.87. The van der Waals surface area contributed by atoms with Crippen LogP contribution in [0, 0.1) is 29.1 Å². The second-order valence-corrected chi connectivity index (χ2v) is 6.24. The summed E-state index contributed by atoms with van der Waals surface area (Å²) in [7, 11) is 0. The predicted octanol–water partition coefficient (Wildman–Crippen LogP) is 3.21. The van der Waals surface area contributed by atoms with Gasteiger partial charge in [0.2, 0.25) is 0 Å². The Morgan fingerprint density at radius 3 is 2.47 bits per heavy atom. The third-order valence-corrected chi connectivity index (χ3v) is 4.17. The minimum atomic E-state index is 0.313. The third kappa shape index (κ3) is 2.72. The Hall–Kier alpha value is -0.810. The Bertz CT molecular complexity index is 330. The van der Waals surface area contributed by atoms with E-state index in [1.807, 2.05) is 0 Å². The quantitative estimate of drug-likeness (QED) is 0.699. The summed E-state index contributed by atoms with van der Waals surface area (Å²) < 4.78 is 0. The van der Waals surface area contributed by atoms with E-state index in [0.29, 0.717) is 29.8 Å². The third-order valence-electron chi connectivity index (χ3n) is 4.17. The van der Waals surface area contributed by atoms with Crippen LogP contribution in [0.15, 0.2) is 11.6 Å². The molecule has 2 fully saturated rings. The number of likely N-dealkylation sites (tertiary alicyclic amines) is 1. The fourth-order valence-electron chi connectivity index (χ4n) is 2.96. The van der Waals surface area contributed by atoms with E-state index >= 15 is 0 Å². The van der Waals surface area contributed by atoms with Crippen LogP contribution >= 0.6 is 0 Å². The molecule has 0 bridgehead atoms. The Balaban J connectivity index is 2.02. The van der Waals surface area contributed by atoms with Crippen molar-refractivity contribution in [1.29, 1.82) is 5.26 Å². The number of hydrogen-bond donors (Lipinski definition) is 0. The maximum atomic E-state index is 8.84. The van der Waals surface area contributed by atoms with Gasteiger partial charge in [-0.1, -0.05) is 25.5 Å². The fraction of sp³-hybridized carbons (Fsp3) is 0.800. The Labute approximate surface area is 105 Å². The first-order valence-corrected chi connectivity index (χ1v) is 6.87. The fourth-order valence-corrected chi connectivity index (χ4v) is 2.96. The molecule has 0 amide bonds. The lowest BCUT2D eigenvalue weighted by molar-refractivity contribution is 0.166. The molecule has 3 unspecified atom stereocenters. The molecule has 1 aliphatic carbocycles. The maximum Gasteiger partial charge on any atom is 0.0662 e. The van der Waals surface area contributed by atoms with Gasteiger partial charge in [-0.2, -0.15) is 5.26 Å². The number of hydrogen-bond acceptors (Lipinski definition) is 2. The molecule has 2 nitrogen and oxygen atoms in total. The molecule has 0 N–H and O–H groups in total. The monoisotopic (exact) mass is 232 g/mol. The van der Waals surface area contributed by atoms with Gasteiger partial charge in [0, 0.05) is 18.6 Å². The van der Waals surface area contributed by atoms with Crippen LogP contribution in [0.4, 0.5) is 0 Å². The highest BCUT2D eigenvalue weighted by atomic mass is 15.2. The van der Waals surface area contributed by atoms with Crippen LogP contribution < -0.4 is 0 Å². The van der Waals surface area contributed by atoms with Crippen LogP contribution in [0.1, 0.15) is 40.5 Å². The van der Waals surface area contributed by atoms with Crippen LogP contribution in [0.5, 0.6) is 0 Å².